The molecule has 84 valence electrons. The number of carbonyl (C=O) groups excluding carboxylic acids is 2. The number of carbonyl (C=O) groups is 2. The van der Waals surface area contributed by atoms with E-state index in [0.717, 1.165) is 6.42 Å². The van der Waals surface area contributed by atoms with Crippen molar-refractivity contribution in [2.24, 2.45) is 0 Å². The fourth-order valence-corrected chi connectivity index (χ4v) is 0.775. The summed E-state index contributed by atoms with van der Waals surface area (Å²) < 4.78 is 9.44. The van der Waals surface area contributed by atoms with E-state index in [2.05, 4.69) is 4.74 Å². The maximum absolute atomic E-state index is 11.0. The molecule has 0 fully saturated rings. The van der Waals surface area contributed by atoms with E-state index in [9.17, 15) is 9.59 Å². The van der Waals surface area contributed by atoms with E-state index in [4.69, 9.17) is 10.00 Å². The van der Waals surface area contributed by atoms with Crippen molar-refractivity contribution in [2.45, 2.75) is 32.6 Å². The first-order valence-corrected chi connectivity index (χ1v) is 4.89. The fourth-order valence-electron chi connectivity index (χ4n) is 0.775. The number of nitriles is 1. The summed E-state index contributed by atoms with van der Waals surface area (Å²) in [6.07, 6.45) is 0.976. The lowest BCUT2D eigenvalue weighted by molar-refractivity contribution is -0.150. The predicted octanol–water partition coefficient (Wildman–Crippen LogP) is 1.18. The summed E-state index contributed by atoms with van der Waals surface area (Å²) in [4.78, 5) is 21.9. The number of nitrogens with zero attached hydrogens (tertiary/aromatic N) is 1. The molecule has 0 unspecified atom stereocenters. The Morgan fingerprint density at radius 3 is 2.13 bits per heavy atom. The van der Waals surface area contributed by atoms with Crippen LogP contribution in [0.1, 0.15) is 32.6 Å². The van der Waals surface area contributed by atoms with Gasteiger partial charge in [0.25, 0.3) is 0 Å². The van der Waals surface area contributed by atoms with E-state index >= 15 is 0 Å². The molecule has 0 saturated carbocycles. The highest BCUT2D eigenvalue weighted by molar-refractivity contribution is 5.77. The highest BCUT2D eigenvalue weighted by Gasteiger charge is 2.08. The zero-order valence-electron chi connectivity index (χ0n) is 8.82. The number of ether oxygens (including phenoxy) is 2. The Balaban J connectivity index is 3.45. The largest absolute Gasteiger partial charge is 0.466 e. The minimum atomic E-state index is -0.473. The van der Waals surface area contributed by atoms with E-state index in [0.29, 0.717) is 6.61 Å². The summed E-state index contributed by atoms with van der Waals surface area (Å²) in [5.41, 5.74) is 0. The van der Waals surface area contributed by atoms with Gasteiger partial charge in [0.2, 0.25) is 0 Å². The molecule has 0 aliphatic rings. The van der Waals surface area contributed by atoms with Crippen molar-refractivity contribution in [3.05, 3.63) is 0 Å². The van der Waals surface area contributed by atoms with Gasteiger partial charge in [0, 0.05) is 0 Å². The maximum Gasteiger partial charge on any atom is 0.306 e. The second-order valence-corrected chi connectivity index (χ2v) is 2.85. The molecule has 0 atom stereocenters. The molecule has 0 rings (SSSR count). The third kappa shape index (κ3) is 8.75. The van der Waals surface area contributed by atoms with Crippen molar-refractivity contribution in [1.82, 2.24) is 0 Å². The van der Waals surface area contributed by atoms with Crippen molar-refractivity contribution in [3.8, 4) is 6.07 Å². The molecule has 5 nitrogen and oxygen atoms in total. The summed E-state index contributed by atoms with van der Waals surface area (Å²) >= 11 is 0. The van der Waals surface area contributed by atoms with Gasteiger partial charge in [0.15, 0.2) is 0 Å². The van der Waals surface area contributed by atoms with Gasteiger partial charge in [0.05, 0.1) is 31.9 Å². The van der Waals surface area contributed by atoms with Crippen LogP contribution < -0.4 is 0 Å². The monoisotopic (exact) mass is 213 g/mol. The number of esters is 2. The van der Waals surface area contributed by atoms with E-state index in [-0.39, 0.29) is 25.9 Å². The van der Waals surface area contributed by atoms with Crippen LogP contribution in [-0.4, -0.2) is 25.2 Å². The van der Waals surface area contributed by atoms with Crippen LogP contribution in [0, 0.1) is 11.3 Å². The molecule has 0 radical (unpaired) electrons. The highest BCUT2D eigenvalue weighted by atomic mass is 16.5. The number of rotatable bonds is 7. The van der Waals surface area contributed by atoms with Gasteiger partial charge in [-0.05, 0) is 6.42 Å². The molecule has 0 spiro atoms. The van der Waals surface area contributed by atoms with Crippen LogP contribution >= 0.6 is 0 Å². The Morgan fingerprint density at radius 2 is 1.67 bits per heavy atom. The molecule has 0 aliphatic heterocycles. The summed E-state index contributed by atoms with van der Waals surface area (Å²) in [5, 5.41) is 8.18. The molecule has 0 N–H and O–H groups in total. The van der Waals surface area contributed by atoms with Crippen LogP contribution in [0.15, 0.2) is 0 Å². The lowest BCUT2D eigenvalue weighted by atomic mass is 10.3. The molecule has 0 saturated heterocycles. The van der Waals surface area contributed by atoms with Gasteiger partial charge in [-0.3, -0.25) is 9.59 Å². The molecule has 0 heterocycles. The second-order valence-electron chi connectivity index (χ2n) is 2.85. The molecule has 0 aromatic heterocycles. The summed E-state index contributed by atoms with van der Waals surface area (Å²) in [6.45, 7) is 2.35. The molecule has 5 heteroatoms. The Labute approximate surface area is 89.0 Å². The van der Waals surface area contributed by atoms with Crippen LogP contribution in [-0.2, 0) is 19.1 Å². The van der Waals surface area contributed by atoms with Gasteiger partial charge in [-0.1, -0.05) is 6.92 Å². The summed E-state index contributed by atoms with van der Waals surface area (Å²) in [7, 11) is 0. The molecule has 0 aromatic rings. The van der Waals surface area contributed by atoms with Crippen molar-refractivity contribution in [2.75, 3.05) is 13.2 Å². The predicted molar refractivity (Wildman–Crippen MR) is 51.7 cm³/mol. The normalized spacial score (nSPS) is 9.07. The maximum atomic E-state index is 11.0. The SMILES string of the molecule is CCCOC(=O)CCC(=O)OCCC#N. The first-order valence-electron chi connectivity index (χ1n) is 4.89. The summed E-state index contributed by atoms with van der Waals surface area (Å²) in [6, 6.07) is 1.85. The third-order valence-corrected chi connectivity index (χ3v) is 1.48. The van der Waals surface area contributed by atoms with Crippen LogP contribution in [0.5, 0.6) is 0 Å². The Kier molecular flexibility index (Phi) is 8.06. The molecule has 0 bridgehead atoms. The molecular weight excluding hydrogens is 198 g/mol. The van der Waals surface area contributed by atoms with Gasteiger partial charge in [-0.15, -0.1) is 0 Å². The highest BCUT2D eigenvalue weighted by Crippen LogP contribution is 1.97. The van der Waals surface area contributed by atoms with Crippen molar-refractivity contribution >= 4 is 11.9 Å². The van der Waals surface area contributed by atoms with Gasteiger partial charge >= 0.3 is 11.9 Å². The van der Waals surface area contributed by atoms with Gasteiger partial charge < -0.3 is 9.47 Å². The van der Waals surface area contributed by atoms with Crippen LogP contribution in [0.25, 0.3) is 0 Å². The molecule has 0 aromatic carbocycles. The molecular formula is C10H15NO4. The average molecular weight is 213 g/mol. The van der Waals surface area contributed by atoms with E-state index in [1.165, 1.54) is 0 Å². The van der Waals surface area contributed by atoms with Gasteiger partial charge in [-0.25, -0.2) is 0 Å². The average Bonchev–Trinajstić information content (AvgIpc) is 2.24. The Morgan fingerprint density at radius 1 is 1.13 bits per heavy atom. The zero-order chi connectivity index (χ0) is 11.5. The quantitative estimate of drug-likeness (QED) is 0.468. The van der Waals surface area contributed by atoms with Crippen molar-refractivity contribution in [3.63, 3.8) is 0 Å². The second kappa shape index (κ2) is 9.00. The van der Waals surface area contributed by atoms with Crippen LogP contribution in [0.2, 0.25) is 0 Å². The van der Waals surface area contributed by atoms with Gasteiger partial charge in [0.1, 0.15) is 6.61 Å². The summed E-state index contributed by atoms with van der Waals surface area (Å²) in [5.74, 6) is -0.868. The van der Waals surface area contributed by atoms with Crippen LogP contribution in [0.3, 0.4) is 0 Å². The first-order chi connectivity index (χ1) is 7.20. The van der Waals surface area contributed by atoms with E-state index in [1.807, 2.05) is 13.0 Å². The van der Waals surface area contributed by atoms with Crippen molar-refractivity contribution < 1.29 is 19.1 Å². The number of hydrogen-bond donors (Lipinski definition) is 0. The Bertz CT molecular complexity index is 244. The molecule has 0 aliphatic carbocycles. The minimum absolute atomic E-state index is 0.00791. The lowest BCUT2D eigenvalue weighted by Crippen LogP contribution is -2.11. The first kappa shape index (κ1) is 13.4. The number of hydrogen-bond acceptors (Lipinski definition) is 5. The van der Waals surface area contributed by atoms with Crippen LogP contribution in [0.4, 0.5) is 0 Å². The minimum Gasteiger partial charge on any atom is -0.466 e. The topological polar surface area (TPSA) is 76.4 Å². The smallest absolute Gasteiger partial charge is 0.306 e. The zero-order valence-corrected chi connectivity index (χ0v) is 8.82. The Hall–Kier alpha value is -1.57. The fraction of sp³-hybridized carbons (Fsp3) is 0.700. The van der Waals surface area contributed by atoms with Gasteiger partial charge in [-0.2, -0.15) is 5.26 Å². The third-order valence-electron chi connectivity index (χ3n) is 1.48. The van der Waals surface area contributed by atoms with E-state index in [1.54, 1.807) is 0 Å². The standard InChI is InChI=1S/C10H15NO4/c1-2-7-14-9(12)4-5-10(13)15-8-3-6-11/h2-5,7-8H2,1H3. The van der Waals surface area contributed by atoms with Crippen molar-refractivity contribution in [1.29, 1.82) is 5.26 Å². The molecule has 15 heavy (non-hydrogen) atoms. The molecule has 0 amide bonds. The van der Waals surface area contributed by atoms with E-state index < -0.39 is 11.9 Å². The lowest BCUT2D eigenvalue weighted by Gasteiger charge is -2.03.